The van der Waals surface area contributed by atoms with Crippen molar-refractivity contribution in [2.24, 2.45) is 0 Å². The Balaban J connectivity index is 2.70. The van der Waals surface area contributed by atoms with E-state index in [-0.39, 0.29) is 11.9 Å². The summed E-state index contributed by atoms with van der Waals surface area (Å²) in [5.41, 5.74) is 1.28. The van der Waals surface area contributed by atoms with E-state index in [1.165, 1.54) is 6.07 Å². The van der Waals surface area contributed by atoms with Crippen LogP contribution in [0.15, 0.2) is 18.2 Å². The van der Waals surface area contributed by atoms with Crippen molar-refractivity contribution < 1.29 is 4.39 Å². The predicted molar refractivity (Wildman–Crippen MR) is 64.5 cm³/mol. The summed E-state index contributed by atoms with van der Waals surface area (Å²) in [5, 5.41) is 0. The van der Waals surface area contributed by atoms with Gasteiger partial charge in [-0.3, -0.25) is 0 Å². The first kappa shape index (κ1) is 11.4. The minimum atomic E-state index is -0.271. The number of para-hydroxylation sites is 1. The second-order valence-corrected chi connectivity index (χ2v) is 4.42. The van der Waals surface area contributed by atoms with Gasteiger partial charge in [0.05, 0.1) is 5.52 Å². The molecule has 0 amide bonds. The van der Waals surface area contributed by atoms with Crippen molar-refractivity contribution in [1.29, 1.82) is 0 Å². The number of hydrogen-bond acceptors (Lipinski definition) is 1. The first-order valence-corrected chi connectivity index (χ1v) is 5.90. The molecule has 0 N–H and O–H groups in total. The number of alkyl halides is 1. The zero-order valence-corrected chi connectivity index (χ0v) is 10.1. The van der Waals surface area contributed by atoms with E-state index in [4.69, 9.17) is 11.6 Å². The fourth-order valence-corrected chi connectivity index (χ4v) is 2.14. The fourth-order valence-electron chi connectivity index (χ4n) is 1.97. The van der Waals surface area contributed by atoms with Crippen molar-refractivity contribution in [2.45, 2.75) is 26.3 Å². The Hall–Kier alpha value is -1.09. The number of imidazole rings is 1. The Labute approximate surface area is 99.0 Å². The highest BCUT2D eigenvalue weighted by Gasteiger charge is 2.14. The number of hydrogen-bond donors (Lipinski definition) is 0. The maximum atomic E-state index is 13.6. The van der Waals surface area contributed by atoms with Crippen LogP contribution in [0.1, 0.15) is 25.7 Å². The first-order valence-electron chi connectivity index (χ1n) is 5.36. The van der Waals surface area contributed by atoms with Crippen LogP contribution >= 0.6 is 11.6 Å². The van der Waals surface area contributed by atoms with Crippen LogP contribution in [0.3, 0.4) is 0 Å². The molecule has 16 heavy (non-hydrogen) atoms. The van der Waals surface area contributed by atoms with E-state index in [0.29, 0.717) is 17.8 Å². The molecule has 0 unspecified atom stereocenters. The van der Waals surface area contributed by atoms with Gasteiger partial charge < -0.3 is 4.57 Å². The molecule has 2 rings (SSSR count). The Bertz CT molecular complexity index is 505. The van der Waals surface area contributed by atoms with Gasteiger partial charge in [0, 0.05) is 18.3 Å². The molecular formula is C12H14ClFN2. The second kappa shape index (κ2) is 4.42. The van der Waals surface area contributed by atoms with Crippen LogP contribution < -0.4 is 0 Å². The highest BCUT2D eigenvalue weighted by atomic mass is 35.5. The van der Waals surface area contributed by atoms with Gasteiger partial charge in [0.1, 0.15) is 11.3 Å². The van der Waals surface area contributed by atoms with E-state index in [2.05, 4.69) is 18.8 Å². The third kappa shape index (κ3) is 1.80. The normalized spacial score (nSPS) is 11.6. The summed E-state index contributed by atoms with van der Waals surface area (Å²) in [7, 11) is 0. The summed E-state index contributed by atoms with van der Waals surface area (Å²) >= 11 is 5.73. The largest absolute Gasteiger partial charge is 0.325 e. The maximum Gasteiger partial charge on any atom is 0.151 e. The minimum absolute atomic E-state index is 0.255. The Morgan fingerprint density at radius 2 is 2.19 bits per heavy atom. The second-order valence-electron chi connectivity index (χ2n) is 4.04. The first-order chi connectivity index (χ1) is 7.65. The van der Waals surface area contributed by atoms with Crippen LogP contribution in [0.2, 0.25) is 0 Å². The Kier molecular flexibility index (Phi) is 3.15. The lowest BCUT2D eigenvalue weighted by atomic mass is 10.3. The zero-order valence-electron chi connectivity index (χ0n) is 9.37. The molecule has 4 heteroatoms. The minimum Gasteiger partial charge on any atom is -0.325 e. The number of rotatable bonds is 3. The molecule has 1 heterocycles. The van der Waals surface area contributed by atoms with Crippen LogP contribution in [0.4, 0.5) is 4.39 Å². The van der Waals surface area contributed by atoms with E-state index in [9.17, 15) is 4.39 Å². The molecule has 0 atom stereocenters. The van der Waals surface area contributed by atoms with Crippen molar-refractivity contribution in [3.63, 3.8) is 0 Å². The molecule has 1 aromatic carbocycles. The monoisotopic (exact) mass is 240 g/mol. The molecule has 0 fully saturated rings. The molecule has 0 saturated carbocycles. The average molecular weight is 241 g/mol. The molecule has 0 radical (unpaired) electrons. The molecule has 0 aliphatic carbocycles. The van der Waals surface area contributed by atoms with Crippen molar-refractivity contribution in [3.05, 3.63) is 29.8 Å². The summed E-state index contributed by atoms with van der Waals surface area (Å²) in [5.74, 6) is 1.08. The van der Waals surface area contributed by atoms with E-state index in [0.717, 1.165) is 11.3 Å². The number of nitrogens with zero attached hydrogens (tertiary/aromatic N) is 2. The molecule has 0 aliphatic heterocycles. The molecule has 86 valence electrons. The molecule has 2 aromatic rings. The Morgan fingerprint density at radius 3 is 2.81 bits per heavy atom. The smallest absolute Gasteiger partial charge is 0.151 e. The molecule has 0 bridgehead atoms. The number of fused-ring (bicyclic) bond motifs is 1. The summed E-state index contributed by atoms with van der Waals surface area (Å²) in [6.07, 6.45) is 0.661. The summed E-state index contributed by atoms with van der Waals surface area (Å²) in [4.78, 5) is 4.33. The molecule has 0 aliphatic rings. The molecule has 2 nitrogen and oxygen atoms in total. The van der Waals surface area contributed by atoms with E-state index in [1.54, 1.807) is 6.07 Å². The van der Waals surface area contributed by atoms with Crippen LogP contribution in [0, 0.1) is 5.82 Å². The van der Waals surface area contributed by atoms with Gasteiger partial charge in [-0.05, 0) is 26.0 Å². The standard InChI is InChI=1S/C12H14ClFN2/c1-8(2)16-10-5-3-4-9(14)12(10)15-11(16)6-7-13/h3-5,8H,6-7H2,1-2H3. The number of benzene rings is 1. The lowest BCUT2D eigenvalue weighted by Gasteiger charge is -2.12. The fraction of sp³-hybridized carbons (Fsp3) is 0.417. The van der Waals surface area contributed by atoms with E-state index in [1.807, 2.05) is 10.6 Å². The summed E-state index contributed by atoms with van der Waals surface area (Å²) < 4.78 is 15.6. The average Bonchev–Trinajstić information content (AvgIpc) is 2.58. The van der Waals surface area contributed by atoms with Gasteiger partial charge in [-0.15, -0.1) is 11.6 Å². The maximum absolute atomic E-state index is 13.6. The highest BCUT2D eigenvalue weighted by molar-refractivity contribution is 6.17. The van der Waals surface area contributed by atoms with E-state index < -0.39 is 0 Å². The van der Waals surface area contributed by atoms with Gasteiger partial charge >= 0.3 is 0 Å². The lowest BCUT2D eigenvalue weighted by molar-refractivity contribution is 0.588. The number of halogens is 2. The SMILES string of the molecule is CC(C)n1c(CCCl)nc2c(F)cccc21. The van der Waals surface area contributed by atoms with Crippen LogP contribution in [0.5, 0.6) is 0 Å². The van der Waals surface area contributed by atoms with Crippen LogP contribution in [-0.2, 0) is 6.42 Å². The van der Waals surface area contributed by atoms with Crippen molar-refractivity contribution in [2.75, 3.05) is 5.88 Å². The van der Waals surface area contributed by atoms with E-state index >= 15 is 0 Å². The van der Waals surface area contributed by atoms with Crippen molar-refractivity contribution in [3.8, 4) is 0 Å². The molecular weight excluding hydrogens is 227 g/mol. The van der Waals surface area contributed by atoms with Gasteiger partial charge in [-0.1, -0.05) is 6.07 Å². The van der Waals surface area contributed by atoms with Crippen molar-refractivity contribution >= 4 is 22.6 Å². The van der Waals surface area contributed by atoms with Crippen molar-refractivity contribution in [1.82, 2.24) is 9.55 Å². The molecule has 1 aromatic heterocycles. The highest BCUT2D eigenvalue weighted by Crippen LogP contribution is 2.23. The van der Waals surface area contributed by atoms with Gasteiger partial charge in [-0.25, -0.2) is 9.37 Å². The summed E-state index contributed by atoms with van der Waals surface area (Å²) in [6, 6.07) is 5.29. The molecule has 0 saturated heterocycles. The van der Waals surface area contributed by atoms with Gasteiger partial charge in [0.15, 0.2) is 5.82 Å². The van der Waals surface area contributed by atoms with Crippen LogP contribution in [0.25, 0.3) is 11.0 Å². The lowest BCUT2D eigenvalue weighted by Crippen LogP contribution is -2.06. The zero-order chi connectivity index (χ0) is 11.7. The summed E-state index contributed by atoms with van der Waals surface area (Å²) in [6.45, 7) is 4.12. The number of aromatic nitrogens is 2. The predicted octanol–water partition coefficient (Wildman–Crippen LogP) is 3.54. The topological polar surface area (TPSA) is 17.8 Å². The van der Waals surface area contributed by atoms with Gasteiger partial charge in [0.2, 0.25) is 0 Å². The third-order valence-electron chi connectivity index (χ3n) is 2.58. The third-order valence-corrected chi connectivity index (χ3v) is 2.77. The quantitative estimate of drug-likeness (QED) is 0.751. The Morgan fingerprint density at radius 1 is 1.44 bits per heavy atom. The van der Waals surface area contributed by atoms with Crippen LogP contribution in [-0.4, -0.2) is 15.4 Å². The van der Waals surface area contributed by atoms with Gasteiger partial charge in [-0.2, -0.15) is 0 Å². The number of aryl methyl sites for hydroxylation is 1. The molecule has 0 spiro atoms. The van der Waals surface area contributed by atoms with Gasteiger partial charge in [0.25, 0.3) is 0 Å².